The van der Waals surface area contributed by atoms with E-state index < -0.39 is 6.04 Å². The highest BCUT2D eigenvalue weighted by Crippen LogP contribution is 2.16. The number of hydrogen-bond acceptors (Lipinski definition) is 3. The van der Waals surface area contributed by atoms with Gasteiger partial charge in [0, 0.05) is 14.1 Å². The van der Waals surface area contributed by atoms with Crippen molar-refractivity contribution in [2.75, 3.05) is 19.4 Å². The number of para-hydroxylation sites is 1. The summed E-state index contributed by atoms with van der Waals surface area (Å²) in [6.45, 7) is 1.97. The Balaban J connectivity index is 2.90. The first-order valence-electron chi connectivity index (χ1n) is 6.34. The Morgan fingerprint density at radius 3 is 2.53 bits per heavy atom. The van der Waals surface area contributed by atoms with E-state index in [0.29, 0.717) is 17.7 Å². The van der Waals surface area contributed by atoms with Gasteiger partial charge in [-0.15, -0.1) is 0 Å². The van der Waals surface area contributed by atoms with Crippen molar-refractivity contribution in [3.8, 4) is 0 Å². The molecule has 0 saturated carbocycles. The van der Waals surface area contributed by atoms with Gasteiger partial charge in [-0.1, -0.05) is 25.5 Å². The summed E-state index contributed by atoms with van der Waals surface area (Å²) in [5, 5.41) is 2.72. The van der Waals surface area contributed by atoms with Crippen LogP contribution in [0.1, 0.15) is 30.1 Å². The van der Waals surface area contributed by atoms with Crippen LogP contribution in [0.4, 0.5) is 5.69 Å². The van der Waals surface area contributed by atoms with Gasteiger partial charge in [0.25, 0.3) is 5.91 Å². The number of carbonyl (C=O) groups excluding carboxylic acids is 2. The molecule has 0 aliphatic rings. The molecule has 2 amide bonds. The van der Waals surface area contributed by atoms with Gasteiger partial charge in [0.15, 0.2) is 0 Å². The van der Waals surface area contributed by atoms with Gasteiger partial charge in [-0.05, 0) is 18.6 Å². The summed E-state index contributed by atoms with van der Waals surface area (Å²) in [4.78, 5) is 25.3. The maximum atomic E-state index is 12.0. The molecule has 1 rings (SSSR count). The Labute approximate surface area is 113 Å². The second kappa shape index (κ2) is 6.89. The predicted molar refractivity (Wildman–Crippen MR) is 76.0 cm³/mol. The fraction of sp³-hybridized carbons (Fsp3) is 0.429. The van der Waals surface area contributed by atoms with Crippen LogP contribution in [0.2, 0.25) is 0 Å². The van der Waals surface area contributed by atoms with Gasteiger partial charge in [-0.25, -0.2) is 0 Å². The number of nitrogens with one attached hydrogen (secondary N) is 1. The van der Waals surface area contributed by atoms with Gasteiger partial charge in [-0.3, -0.25) is 9.59 Å². The molecule has 0 saturated heterocycles. The van der Waals surface area contributed by atoms with Crippen LogP contribution in [0.15, 0.2) is 24.3 Å². The zero-order chi connectivity index (χ0) is 14.4. The van der Waals surface area contributed by atoms with E-state index in [-0.39, 0.29) is 11.8 Å². The Hall–Kier alpha value is -1.88. The van der Waals surface area contributed by atoms with Crippen LogP contribution in [-0.2, 0) is 4.79 Å². The number of rotatable bonds is 5. The van der Waals surface area contributed by atoms with Crippen LogP contribution >= 0.6 is 0 Å². The zero-order valence-electron chi connectivity index (χ0n) is 11.6. The Morgan fingerprint density at radius 2 is 1.95 bits per heavy atom. The maximum absolute atomic E-state index is 12.0. The lowest BCUT2D eigenvalue weighted by Gasteiger charge is -2.16. The zero-order valence-corrected chi connectivity index (χ0v) is 11.6. The predicted octanol–water partition coefficient (Wildman–Crippen LogP) is 1.45. The molecule has 0 spiro atoms. The highest BCUT2D eigenvalue weighted by Gasteiger charge is 2.17. The Kier molecular flexibility index (Phi) is 5.51. The fourth-order valence-corrected chi connectivity index (χ4v) is 1.69. The molecule has 0 heterocycles. The third-order valence-electron chi connectivity index (χ3n) is 2.76. The summed E-state index contributed by atoms with van der Waals surface area (Å²) in [5.41, 5.74) is 6.71. The first kappa shape index (κ1) is 15.2. The van der Waals surface area contributed by atoms with E-state index in [1.54, 1.807) is 38.4 Å². The van der Waals surface area contributed by atoms with Crippen molar-refractivity contribution in [3.05, 3.63) is 29.8 Å². The molecule has 0 radical (unpaired) electrons. The topological polar surface area (TPSA) is 75.4 Å². The van der Waals surface area contributed by atoms with E-state index in [9.17, 15) is 9.59 Å². The first-order chi connectivity index (χ1) is 8.97. The smallest absolute Gasteiger partial charge is 0.255 e. The summed E-state index contributed by atoms with van der Waals surface area (Å²) >= 11 is 0. The quantitative estimate of drug-likeness (QED) is 0.844. The molecule has 1 unspecified atom stereocenters. The van der Waals surface area contributed by atoms with E-state index in [1.807, 2.05) is 6.92 Å². The lowest BCUT2D eigenvalue weighted by atomic mass is 10.1. The Bertz CT molecular complexity index is 458. The van der Waals surface area contributed by atoms with Gasteiger partial charge in [0.05, 0.1) is 17.3 Å². The molecular weight excluding hydrogens is 242 g/mol. The normalized spacial score (nSPS) is 11.8. The second-order valence-electron chi connectivity index (χ2n) is 4.63. The van der Waals surface area contributed by atoms with Crippen LogP contribution < -0.4 is 11.1 Å². The standard InChI is InChI=1S/C14H21N3O2/c1-4-7-11(15)13(18)16-12-9-6-5-8-10(12)14(19)17(2)3/h5-6,8-9,11H,4,7,15H2,1-3H3,(H,16,18). The average Bonchev–Trinajstić information content (AvgIpc) is 2.38. The van der Waals surface area contributed by atoms with Crippen molar-refractivity contribution in [2.45, 2.75) is 25.8 Å². The molecular formula is C14H21N3O2. The lowest BCUT2D eigenvalue weighted by molar-refractivity contribution is -0.117. The Morgan fingerprint density at radius 1 is 1.32 bits per heavy atom. The van der Waals surface area contributed by atoms with Crippen molar-refractivity contribution in [2.24, 2.45) is 5.73 Å². The number of anilines is 1. The highest BCUT2D eigenvalue weighted by atomic mass is 16.2. The third kappa shape index (κ3) is 4.06. The van der Waals surface area contributed by atoms with Gasteiger partial charge in [0.1, 0.15) is 0 Å². The second-order valence-corrected chi connectivity index (χ2v) is 4.63. The van der Waals surface area contributed by atoms with E-state index in [4.69, 9.17) is 5.73 Å². The molecule has 104 valence electrons. The number of nitrogens with zero attached hydrogens (tertiary/aromatic N) is 1. The minimum atomic E-state index is -0.549. The number of hydrogen-bond donors (Lipinski definition) is 2. The van der Waals surface area contributed by atoms with Gasteiger partial charge >= 0.3 is 0 Å². The molecule has 0 aliphatic heterocycles. The molecule has 1 atom stereocenters. The van der Waals surface area contributed by atoms with Crippen molar-refractivity contribution in [1.82, 2.24) is 4.90 Å². The van der Waals surface area contributed by atoms with Crippen molar-refractivity contribution in [1.29, 1.82) is 0 Å². The molecule has 5 nitrogen and oxygen atoms in total. The van der Waals surface area contributed by atoms with Gasteiger partial charge in [-0.2, -0.15) is 0 Å². The van der Waals surface area contributed by atoms with E-state index in [0.717, 1.165) is 6.42 Å². The van der Waals surface area contributed by atoms with Crippen LogP contribution in [-0.4, -0.2) is 36.9 Å². The number of nitrogens with two attached hydrogens (primary N) is 1. The molecule has 5 heteroatoms. The minimum absolute atomic E-state index is 0.153. The van der Waals surface area contributed by atoms with Crippen molar-refractivity contribution in [3.63, 3.8) is 0 Å². The van der Waals surface area contributed by atoms with E-state index >= 15 is 0 Å². The first-order valence-corrected chi connectivity index (χ1v) is 6.34. The van der Waals surface area contributed by atoms with Crippen LogP contribution in [0.3, 0.4) is 0 Å². The summed E-state index contributed by atoms with van der Waals surface area (Å²) in [6, 6.07) is 6.37. The average molecular weight is 263 g/mol. The van der Waals surface area contributed by atoms with E-state index in [2.05, 4.69) is 5.32 Å². The molecule has 19 heavy (non-hydrogen) atoms. The van der Waals surface area contributed by atoms with E-state index in [1.165, 1.54) is 4.90 Å². The van der Waals surface area contributed by atoms with Crippen LogP contribution in [0.5, 0.6) is 0 Å². The summed E-state index contributed by atoms with van der Waals surface area (Å²) in [7, 11) is 3.34. The molecule has 1 aromatic rings. The molecule has 3 N–H and O–H groups in total. The van der Waals surface area contributed by atoms with Crippen LogP contribution in [0, 0.1) is 0 Å². The van der Waals surface area contributed by atoms with Crippen molar-refractivity contribution < 1.29 is 9.59 Å². The minimum Gasteiger partial charge on any atom is -0.345 e. The molecule has 0 aromatic heterocycles. The lowest BCUT2D eigenvalue weighted by Crippen LogP contribution is -2.36. The number of carbonyl (C=O) groups is 2. The molecule has 0 bridgehead atoms. The molecule has 0 fully saturated rings. The van der Waals surface area contributed by atoms with Crippen molar-refractivity contribution >= 4 is 17.5 Å². The third-order valence-corrected chi connectivity index (χ3v) is 2.76. The summed E-state index contributed by atoms with van der Waals surface area (Å²) in [6.07, 6.45) is 1.46. The summed E-state index contributed by atoms with van der Waals surface area (Å²) in [5.74, 6) is -0.416. The SMILES string of the molecule is CCCC(N)C(=O)Nc1ccccc1C(=O)N(C)C. The fourth-order valence-electron chi connectivity index (χ4n) is 1.69. The van der Waals surface area contributed by atoms with Gasteiger partial charge < -0.3 is 16.0 Å². The van der Waals surface area contributed by atoms with Gasteiger partial charge in [0.2, 0.25) is 5.91 Å². The largest absolute Gasteiger partial charge is 0.345 e. The monoisotopic (exact) mass is 263 g/mol. The number of benzene rings is 1. The summed E-state index contributed by atoms with van der Waals surface area (Å²) < 4.78 is 0. The maximum Gasteiger partial charge on any atom is 0.255 e. The highest BCUT2D eigenvalue weighted by molar-refractivity contribution is 6.04. The number of amides is 2. The molecule has 0 aliphatic carbocycles. The molecule has 1 aromatic carbocycles. The van der Waals surface area contributed by atoms with Crippen LogP contribution in [0.25, 0.3) is 0 Å².